The Kier molecular flexibility index (Phi) is 33.4. The van der Waals surface area contributed by atoms with E-state index in [-0.39, 0.29) is 30.7 Å². The SMILES string of the molecule is CC(=O)CC(=O)[O-].O.[CH2-]C.[Zn+2]. The van der Waals surface area contributed by atoms with Crippen molar-refractivity contribution in [1.29, 1.82) is 0 Å². The predicted molar refractivity (Wildman–Crippen MR) is 34.9 cm³/mol. The molecule has 0 aromatic carbocycles. The van der Waals surface area contributed by atoms with Crippen LogP contribution in [0, 0.1) is 6.92 Å². The van der Waals surface area contributed by atoms with Crippen LogP contribution in [-0.4, -0.2) is 17.2 Å². The fourth-order valence-electron chi connectivity index (χ4n) is 0.203. The van der Waals surface area contributed by atoms with Crippen LogP contribution in [0.15, 0.2) is 0 Å². The molecule has 0 amide bonds. The zero-order chi connectivity index (χ0) is 7.86. The van der Waals surface area contributed by atoms with Crippen molar-refractivity contribution in [2.75, 3.05) is 0 Å². The molecule has 0 aliphatic rings. The van der Waals surface area contributed by atoms with E-state index in [1.54, 1.807) is 6.92 Å². The molecule has 5 heteroatoms. The number of rotatable bonds is 2. The first-order valence-electron chi connectivity index (χ1n) is 2.53. The minimum atomic E-state index is -1.31. The Bertz CT molecular complexity index is 90.8. The quantitative estimate of drug-likeness (QED) is 0.325. The van der Waals surface area contributed by atoms with Crippen LogP contribution in [0.25, 0.3) is 0 Å². The van der Waals surface area contributed by atoms with Gasteiger partial charge in [0, 0.05) is 12.4 Å². The number of hydrogen-bond acceptors (Lipinski definition) is 3. The summed E-state index contributed by atoms with van der Waals surface area (Å²) < 4.78 is 0. The fourth-order valence-corrected chi connectivity index (χ4v) is 0.203. The number of carbonyl (C=O) groups is 2. The molecule has 62 valence electrons. The van der Waals surface area contributed by atoms with Crippen LogP contribution in [0.3, 0.4) is 0 Å². The van der Waals surface area contributed by atoms with Gasteiger partial charge in [0.25, 0.3) is 0 Å². The first-order valence-corrected chi connectivity index (χ1v) is 2.53. The van der Waals surface area contributed by atoms with E-state index in [0.29, 0.717) is 0 Å². The van der Waals surface area contributed by atoms with Gasteiger partial charge < -0.3 is 22.3 Å². The molecule has 0 aliphatic heterocycles. The van der Waals surface area contributed by atoms with E-state index in [1.165, 1.54) is 6.92 Å². The van der Waals surface area contributed by atoms with E-state index >= 15 is 0 Å². The standard InChI is InChI=1S/C4H6O3.C2H5.H2O.Zn/c1-3(5)2-4(6)7;1-2;;/h2H2,1H3,(H,6,7);1H2,2H3;1H2;/q;-1;;+2/p-1. The van der Waals surface area contributed by atoms with Gasteiger partial charge in [-0.1, -0.05) is 0 Å². The molecule has 0 spiro atoms. The first kappa shape index (κ1) is 22.4. The zero-order valence-corrected chi connectivity index (χ0v) is 9.81. The van der Waals surface area contributed by atoms with Gasteiger partial charge in [-0.25, -0.2) is 0 Å². The molecule has 4 nitrogen and oxygen atoms in total. The third-order valence-electron chi connectivity index (χ3n) is 0.393. The molecular formula is C6H12O4Zn. The molecule has 0 fully saturated rings. The van der Waals surface area contributed by atoms with Gasteiger partial charge in [-0.3, -0.25) is 4.79 Å². The number of hydrogen-bond donors (Lipinski definition) is 0. The first-order chi connectivity index (χ1) is 4.13. The number of ketones is 1. The van der Waals surface area contributed by atoms with Gasteiger partial charge in [0.15, 0.2) is 0 Å². The zero-order valence-electron chi connectivity index (χ0n) is 6.85. The molecule has 0 bridgehead atoms. The van der Waals surface area contributed by atoms with Crippen LogP contribution in [0.5, 0.6) is 0 Å². The van der Waals surface area contributed by atoms with Crippen molar-refractivity contribution in [2.24, 2.45) is 0 Å². The largest absolute Gasteiger partial charge is 2.00 e. The fraction of sp³-hybridized carbons (Fsp3) is 0.500. The molecule has 0 aliphatic carbocycles. The number of aliphatic carboxylic acids is 1. The maximum absolute atomic E-state index is 9.83. The van der Waals surface area contributed by atoms with E-state index in [1.807, 2.05) is 0 Å². The van der Waals surface area contributed by atoms with Crippen molar-refractivity contribution in [3.63, 3.8) is 0 Å². The molecule has 0 saturated heterocycles. The summed E-state index contributed by atoms with van der Waals surface area (Å²) in [6.45, 7) is 6.20. The molecule has 0 atom stereocenters. The van der Waals surface area contributed by atoms with E-state index in [0.717, 1.165) is 0 Å². The number of carbonyl (C=O) groups excluding carboxylic acids is 2. The van der Waals surface area contributed by atoms with Gasteiger partial charge in [0.2, 0.25) is 0 Å². The maximum atomic E-state index is 9.83. The summed E-state index contributed by atoms with van der Waals surface area (Å²) in [5.74, 6) is -1.69. The van der Waals surface area contributed by atoms with Crippen LogP contribution in [0.1, 0.15) is 20.3 Å². The topological polar surface area (TPSA) is 88.7 Å². The third-order valence-corrected chi connectivity index (χ3v) is 0.393. The van der Waals surface area contributed by atoms with E-state index in [9.17, 15) is 14.7 Å². The second kappa shape index (κ2) is 16.4. The minimum absolute atomic E-state index is 0. The summed E-state index contributed by atoms with van der Waals surface area (Å²) in [5, 5.41) is 9.48. The predicted octanol–water partition coefficient (Wildman–Crippen LogP) is -1.27. The van der Waals surface area contributed by atoms with Crippen molar-refractivity contribution < 1.29 is 39.6 Å². The average molecular weight is 214 g/mol. The van der Waals surface area contributed by atoms with E-state index in [4.69, 9.17) is 0 Å². The van der Waals surface area contributed by atoms with Gasteiger partial charge >= 0.3 is 19.5 Å². The van der Waals surface area contributed by atoms with Gasteiger partial charge in [-0.2, -0.15) is 6.92 Å². The monoisotopic (exact) mass is 212 g/mol. The van der Waals surface area contributed by atoms with Crippen LogP contribution in [0.4, 0.5) is 0 Å². The van der Waals surface area contributed by atoms with Crippen LogP contribution >= 0.6 is 0 Å². The molecule has 0 radical (unpaired) electrons. The second-order valence-corrected chi connectivity index (χ2v) is 1.25. The molecule has 0 unspecified atom stereocenters. The molecule has 0 rings (SSSR count). The minimum Gasteiger partial charge on any atom is -0.550 e. The smallest absolute Gasteiger partial charge is 0.550 e. The van der Waals surface area contributed by atoms with E-state index < -0.39 is 12.4 Å². The Morgan fingerprint density at radius 3 is 1.64 bits per heavy atom. The number of carboxylic acids is 1. The average Bonchev–Trinajstić information content (AvgIpc) is 1.68. The number of Topliss-reactive ketones (excluding diaryl/α,β-unsaturated/α-hetero) is 1. The molecule has 0 saturated carbocycles. The number of carboxylic acid groups (broad SMARTS) is 1. The molecule has 2 N–H and O–H groups in total. The molecule has 11 heavy (non-hydrogen) atoms. The molecule has 0 aromatic heterocycles. The third kappa shape index (κ3) is 41.8. The summed E-state index contributed by atoms with van der Waals surface area (Å²) in [6, 6.07) is 0. The van der Waals surface area contributed by atoms with Crippen LogP contribution in [0.2, 0.25) is 0 Å². The van der Waals surface area contributed by atoms with Crippen molar-refractivity contribution in [3.8, 4) is 0 Å². The van der Waals surface area contributed by atoms with Crippen LogP contribution < -0.4 is 5.11 Å². The van der Waals surface area contributed by atoms with Gasteiger partial charge in [-0.05, 0) is 6.92 Å². The van der Waals surface area contributed by atoms with Crippen molar-refractivity contribution in [1.82, 2.24) is 0 Å². The Morgan fingerprint density at radius 2 is 1.64 bits per heavy atom. The maximum Gasteiger partial charge on any atom is 2.00 e. The Balaban J connectivity index is -0.0000000564. The van der Waals surface area contributed by atoms with Crippen molar-refractivity contribution >= 4 is 11.8 Å². The summed E-state index contributed by atoms with van der Waals surface area (Å²) in [5.41, 5.74) is 0. The van der Waals surface area contributed by atoms with Gasteiger partial charge in [0.05, 0.1) is 0 Å². The molecule has 0 aromatic rings. The molecule has 0 heterocycles. The van der Waals surface area contributed by atoms with Crippen LogP contribution in [-0.2, 0) is 29.1 Å². The summed E-state index contributed by atoms with van der Waals surface area (Å²) in [6.07, 6.45) is -0.472. The Hall–Kier alpha value is -0.277. The Labute approximate surface area is 79.1 Å². The summed E-state index contributed by atoms with van der Waals surface area (Å²) >= 11 is 0. The normalized spacial score (nSPS) is 5.73. The van der Waals surface area contributed by atoms with Gasteiger partial charge in [-0.15, -0.1) is 0 Å². The van der Waals surface area contributed by atoms with E-state index in [2.05, 4.69) is 6.92 Å². The summed E-state index contributed by atoms with van der Waals surface area (Å²) in [4.78, 5) is 19.3. The summed E-state index contributed by atoms with van der Waals surface area (Å²) in [7, 11) is 0. The van der Waals surface area contributed by atoms with Gasteiger partial charge in [0.1, 0.15) is 5.78 Å². The Morgan fingerprint density at radius 1 is 1.36 bits per heavy atom. The van der Waals surface area contributed by atoms with Crippen molar-refractivity contribution in [3.05, 3.63) is 6.92 Å². The van der Waals surface area contributed by atoms with Crippen molar-refractivity contribution in [2.45, 2.75) is 20.3 Å². The second-order valence-electron chi connectivity index (χ2n) is 1.25. The molecular weight excluding hydrogens is 201 g/mol.